The third kappa shape index (κ3) is 3.45. The van der Waals surface area contributed by atoms with Crippen LogP contribution in [0.5, 0.6) is 0 Å². The first-order valence-electron chi connectivity index (χ1n) is 15.8. The van der Waals surface area contributed by atoms with Crippen LogP contribution < -0.4 is 0 Å². The lowest BCUT2D eigenvalue weighted by Crippen LogP contribution is -2.45. The minimum absolute atomic E-state index is 0.965. The summed E-state index contributed by atoms with van der Waals surface area (Å²) in [5.41, 5.74) is 0. The largest absolute Gasteiger partial charge is 0.455 e. The van der Waals surface area contributed by atoms with Crippen LogP contribution in [0.3, 0.4) is 0 Å². The first kappa shape index (κ1) is 22.8. The molecule has 6 saturated carbocycles. The molecule has 0 aromatic carbocycles. The number of hydrogen-bond donors (Lipinski definition) is 0. The van der Waals surface area contributed by atoms with Gasteiger partial charge in [0.25, 0.3) is 0 Å². The molecule has 0 radical (unpaired) electrons. The van der Waals surface area contributed by atoms with Gasteiger partial charge in [-0.3, -0.25) is 0 Å². The summed E-state index contributed by atoms with van der Waals surface area (Å²) in [4.78, 5) is 0. The Labute approximate surface area is 217 Å². The highest BCUT2D eigenvalue weighted by atomic mass is 28.4. The van der Waals surface area contributed by atoms with Gasteiger partial charge in [0.1, 0.15) is 0 Å². The van der Waals surface area contributed by atoms with Crippen LogP contribution in [0.1, 0.15) is 51.4 Å². The molecule has 0 amide bonds. The van der Waals surface area contributed by atoms with E-state index in [-0.39, 0.29) is 0 Å². The van der Waals surface area contributed by atoms with Crippen molar-refractivity contribution >= 4 is 16.6 Å². The Hall–Kier alpha value is -0.126. The molecule has 14 atom stereocenters. The molecule has 0 aromatic heterocycles. The fourth-order valence-electron chi connectivity index (χ4n) is 12.9. The van der Waals surface area contributed by atoms with Crippen molar-refractivity contribution in [3.8, 4) is 0 Å². The Morgan fingerprint density at radius 3 is 1.37 bits per heavy atom. The zero-order chi connectivity index (χ0) is 23.7. The van der Waals surface area contributed by atoms with Crippen molar-refractivity contribution in [1.82, 2.24) is 0 Å². The van der Waals surface area contributed by atoms with Crippen LogP contribution in [0.4, 0.5) is 0 Å². The summed E-state index contributed by atoms with van der Waals surface area (Å²) in [6.45, 7) is 10.3. The Morgan fingerprint density at radius 1 is 0.543 bits per heavy atom. The van der Waals surface area contributed by atoms with Crippen molar-refractivity contribution < 1.29 is 4.12 Å². The highest BCUT2D eigenvalue weighted by Gasteiger charge is 2.62. The van der Waals surface area contributed by atoms with Gasteiger partial charge in [-0.15, -0.1) is 0 Å². The molecular weight excluding hydrogens is 457 g/mol. The van der Waals surface area contributed by atoms with Crippen molar-refractivity contribution in [3.63, 3.8) is 0 Å². The molecule has 0 spiro atoms. The van der Waals surface area contributed by atoms with Crippen molar-refractivity contribution in [3.05, 3.63) is 24.3 Å². The van der Waals surface area contributed by atoms with Crippen molar-refractivity contribution in [2.24, 2.45) is 82.9 Å². The van der Waals surface area contributed by atoms with Gasteiger partial charge in [0.05, 0.1) is 0 Å². The van der Waals surface area contributed by atoms with Gasteiger partial charge in [0.15, 0.2) is 16.6 Å². The Bertz CT molecular complexity index is 862. The van der Waals surface area contributed by atoms with Gasteiger partial charge in [-0.25, -0.2) is 0 Å². The van der Waals surface area contributed by atoms with Gasteiger partial charge >= 0.3 is 0 Å². The summed E-state index contributed by atoms with van der Waals surface area (Å²) in [6, 6.07) is 2.85. The van der Waals surface area contributed by atoms with Crippen LogP contribution in [0, 0.1) is 82.9 Å². The highest BCUT2D eigenvalue weighted by Crippen LogP contribution is 2.69. The maximum absolute atomic E-state index is 7.23. The van der Waals surface area contributed by atoms with E-state index in [1.54, 1.807) is 25.7 Å². The molecule has 0 N–H and O–H groups in total. The highest BCUT2D eigenvalue weighted by molar-refractivity contribution is 6.84. The number of rotatable bonds is 8. The molecule has 8 rings (SSSR count). The molecule has 0 aromatic rings. The maximum atomic E-state index is 7.23. The van der Waals surface area contributed by atoms with E-state index in [0.29, 0.717) is 0 Å². The van der Waals surface area contributed by atoms with E-state index in [0.717, 1.165) is 82.9 Å². The van der Waals surface area contributed by atoms with Gasteiger partial charge in [-0.2, -0.15) is 0 Å². The van der Waals surface area contributed by atoms with E-state index < -0.39 is 16.6 Å². The van der Waals surface area contributed by atoms with E-state index in [4.69, 9.17) is 4.12 Å². The molecule has 35 heavy (non-hydrogen) atoms. The fraction of sp³-hybridized carbons (Fsp3) is 0.875. The minimum Gasteiger partial charge on any atom is -0.455 e. The second-order valence-electron chi connectivity index (χ2n) is 16.2. The van der Waals surface area contributed by atoms with Crippen LogP contribution in [0.15, 0.2) is 24.3 Å². The third-order valence-electron chi connectivity index (χ3n) is 13.6. The standard InChI is InChI=1S/C32H50OSi2/c1-34(2,11-9-19-13-25-17-27(19)31-23-7-5-21(15-23)29(25)31)33-35(3,4)12-10-20-14-26-18-28(20)32-24-8-6-22(16-24)30(26)32/h5-8,19-32H,9-18H2,1-4H3. The molecule has 0 heterocycles. The van der Waals surface area contributed by atoms with E-state index in [1.165, 1.54) is 37.8 Å². The monoisotopic (exact) mass is 506 g/mol. The van der Waals surface area contributed by atoms with E-state index >= 15 is 0 Å². The molecule has 3 heteroatoms. The van der Waals surface area contributed by atoms with Crippen LogP contribution in [-0.2, 0) is 4.12 Å². The molecule has 8 aliphatic rings. The quantitative estimate of drug-likeness (QED) is 0.182. The molecule has 6 fully saturated rings. The third-order valence-corrected chi connectivity index (χ3v) is 21.0. The van der Waals surface area contributed by atoms with Crippen molar-refractivity contribution in [2.45, 2.75) is 89.6 Å². The van der Waals surface area contributed by atoms with Crippen LogP contribution in [-0.4, -0.2) is 16.6 Å². The Morgan fingerprint density at radius 2 is 0.943 bits per heavy atom. The summed E-state index contributed by atoms with van der Waals surface area (Å²) in [5.74, 6) is 14.6. The predicted octanol–water partition coefficient (Wildman–Crippen LogP) is 8.38. The van der Waals surface area contributed by atoms with Gasteiger partial charge in [0.2, 0.25) is 0 Å². The van der Waals surface area contributed by atoms with E-state index in [1.807, 2.05) is 0 Å². The van der Waals surface area contributed by atoms with Gasteiger partial charge in [0, 0.05) is 0 Å². The summed E-state index contributed by atoms with van der Waals surface area (Å²) >= 11 is 0. The summed E-state index contributed by atoms with van der Waals surface area (Å²) in [6.07, 6.45) is 22.7. The summed E-state index contributed by atoms with van der Waals surface area (Å²) in [5, 5.41) is 0. The SMILES string of the molecule is C[Si](C)(CCC1CC2CC1C1C3C=CC(C3)C21)O[Si](C)(C)CCC1CC2CC1C1C3C=CC(C3)C21. The fourth-order valence-corrected chi connectivity index (χ4v) is 21.8. The number of allylic oxidation sites excluding steroid dienone is 4. The minimum atomic E-state index is -1.57. The second-order valence-corrected chi connectivity index (χ2v) is 25.1. The summed E-state index contributed by atoms with van der Waals surface area (Å²) < 4.78 is 7.23. The first-order valence-corrected chi connectivity index (χ1v) is 22.1. The van der Waals surface area contributed by atoms with Crippen molar-refractivity contribution in [2.75, 3.05) is 0 Å². The zero-order valence-electron chi connectivity index (χ0n) is 22.9. The lowest BCUT2D eigenvalue weighted by atomic mass is 9.69. The molecular formula is C32H50OSi2. The topological polar surface area (TPSA) is 9.23 Å². The van der Waals surface area contributed by atoms with Crippen molar-refractivity contribution in [1.29, 1.82) is 0 Å². The van der Waals surface area contributed by atoms with Crippen LogP contribution in [0.25, 0.3) is 0 Å². The van der Waals surface area contributed by atoms with Crippen LogP contribution in [0.2, 0.25) is 38.3 Å². The molecule has 0 aliphatic heterocycles. The normalized spacial score (nSPS) is 53.9. The van der Waals surface area contributed by atoms with Gasteiger partial charge in [-0.05, 0) is 160 Å². The number of hydrogen-bond acceptors (Lipinski definition) is 1. The maximum Gasteiger partial charge on any atom is 0.173 e. The van der Waals surface area contributed by atoms with E-state index in [2.05, 4.69) is 50.5 Å². The molecule has 0 saturated heterocycles. The van der Waals surface area contributed by atoms with Gasteiger partial charge in [-0.1, -0.05) is 37.1 Å². The Kier molecular flexibility index (Phi) is 5.03. The molecule has 14 unspecified atom stereocenters. The second kappa shape index (κ2) is 7.72. The molecule has 1 nitrogen and oxygen atoms in total. The lowest BCUT2D eigenvalue weighted by molar-refractivity contribution is 0.146. The van der Waals surface area contributed by atoms with Gasteiger partial charge < -0.3 is 4.12 Å². The Balaban J connectivity index is 0.846. The lowest BCUT2D eigenvalue weighted by Gasteiger charge is -2.40. The molecule has 192 valence electrons. The number of fused-ring (bicyclic) bond motifs is 18. The smallest absolute Gasteiger partial charge is 0.173 e. The summed E-state index contributed by atoms with van der Waals surface area (Å²) in [7, 11) is -3.14. The van der Waals surface area contributed by atoms with E-state index in [9.17, 15) is 0 Å². The average molecular weight is 507 g/mol. The predicted molar refractivity (Wildman–Crippen MR) is 150 cm³/mol. The van der Waals surface area contributed by atoms with Crippen LogP contribution >= 0.6 is 0 Å². The molecule has 8 bridgehead atoms. The molecule has 8 aliphatic carbocycles. The first-order chi connectivity index (χ1) is 16.8. The zero-order valence-corrected chi connectivity index (χ0v) is 24.9. The average Bonchev–Trinajstić information content (AvgIpc) is 3.65.